The summed E-state index contributed by atoms with van der Waals surface area (Å²) >= 11 is 0. The highest BCUT2D eigenvalue weighted by Gasteiger charge is 2.16. The quantitative estimate of drug-likeness (QED) is 0.682. The zero-order valence-corrected chi connectivity index (χ0v) is 16.7. The molecule has 0 aliphatic carbocycles. The molecule has 0 aliphatic rings. The van der Waals surface area contributed by atoms with Crippen LogP contribution in [-0.2, 0) is 10.0 Å². The average Bonchev–Trinajstić information content (AvgIpc) is 2.65. The number of aryl methyl sites for hydroxylation is 3. The first-order valence-corrected chi connectivity index (χ1v) is 10.2. The van der Waals surface area contributed by atoms with Crippen molar-refractivity contribution in [2.45, 2.75) is 25.7 Å². The molecule has 0 atom stereocenters. The minimum atomic E-state index is -3.74. The Hall–Kier alpha value is -3.19. The van der Waals surface area contributed by atoms with Crippen LogP contribution in [0.2, 0.25) is 0 Å². The minimum absolute atomic E-state index is 0.0796. The van der Waals surface area contributed by atoms with Gasteiger partial charge in [0.1, 0.15) is 5.82 Å². The lowest BCUT2D eigenvalue weighted by atomic mass is 10.1. The average molecular weight is 395 g/mol. The molecule has 0 saturated heterocycles. The lowest BCUT2D eigenvalue weighted by Crippen LogP contribution is -2.15. The second kappa shape index (κ2) is 7.82. The molecule has 7 heteroatoms. The molecule has 0 saturated carbocycles. The number of nitrogens with zero attached hydrogens (tertiary/aromatic N) is 1. The second-order valence-corrected chi connectivity index (χ2v) is 8.28. The van der Waals surface area contributed by atoms with Crippen LogP contribution in [0, 0.1) is 20.8 Å². The summed E-state index contributed by atoms with van der Waals surface area (Å²) in [7, 11) is -3.74. The molecule has 0 fully saturated rings. The van der Waals surface area contributed by atoms with Crippen LogP contribution < -0.4 is 10.0 Å². The highest BCUT2D eigenvalue weighted by molar-refractivity contribution is 7.92. The Morgan fingerprint density at radius 1 is 0.893 bits per heavy atom. The van der Waals surface area contributed by atoms with Gasteiger partial charge in [-0.2, -0.15) is 0 Å². The second-order valence-electron chi connectivity index (χ2n) is 6.60. The molecule has 2 N–H and O–H groups in total. The molecule has 0 unspecified atom stereocenters. The van der Waals surface area contributed by atoms with Gasteiger partial charge in [0.15, 0.2) is 0 Å². The molecule has 3 aromatic rings. The maximum Gasteiger partial charge on any atom is 0.261 e. The molecular formula is C21H21N3O3S. The molecule has 0 spiro atoms. The highest BCUT2D eigenvalue weighted by atomic mass is 32.2. The van der Waals surface area contributed by atoms with Crippen molar-refractivity contribution in [2.24, 2.45) is 0 Å². The van der Waals surface area contributed by atoms with Gasteiger partial charge in [-0.1, -0.05) is 6.07 Å². The molecule has 144 valence electrons. The Labute approximate surface area is 164 Å². The molecule has 0 aliphatic heterocycles. The number of aromatic nitrogens is 1. The molecule has 3 rings (SSSR count). The molecule has 28 heavy (non-hydrogen) atoms. The summed E-state index contributed by atoms with van der Waals surface area (Å²) in [6.45, 7) is 5.78. The summed E-state index contributed by atoms with van der Waals surface area (Å²) < 4.78 is 27.7. The van der Waals surface area contributed by atoms with E-state index in [9.17, 15) is 13.2 Å². The SMILES string of the molecule is Cc1ccnc(NC(=O)c2ccc(S(=O)(=O)Nc3ccc(C)c(C)c3)cc2)c1. The number of anilines is 2. The summed E-state index contributed by atoms with van der Waals surface area (Å²) in [6.07, 6.45) is 1.61. The van der Waals surface area contributed by atoms with Crippen molar-refractivity contribution in [3.05, 3.63) is 83.0 Å². The maximum absolute atomic E-state index is 12.6. The van der Waals surface area contributed by atoms with Crippen molar-refractivity contribution in [2.75, 3.05) is 10.0 Å². The van der Waals surface area contributed by atoms with Crippen LogP contribution in [0.1, 0.15) is 27.0 Å². The molecule has 1 aromatic heterocycles. The fourth-order valence-corrected chi connectivity index (χ4v) is 3.65. The number of benzene rings is 2. The van der Waals surface area contributed by atoms with E-state index in [1.165, 1.54) is 24.3 Å². The minimum Gasteiger partial charge on any atom is -0.307 e. The number of amides is 1. The molecule has 0 radical (unpaired) electrons. The Kier molecular flexibility index (Phi) is 5.46. The molecule has 1 amide bonds. The van der Waals surface area contributed by atoms with Gasteiger partial charge in [-0.05, 0) is 86.0 Å². The molecule has 1 heterocycles. The number of carbonyl (C=O) groups excluding carboxylic acids is 1. The standard InChI is InChI=1S/C21H21N3O3S/c1-14-10-11-22-20(12-14)23-21(25)17-5-8-19(9-6-17)28(26,27)24-18-7-4-15(2)16(3)13-18/h4-13,24H,1-3H3,(H,22,23,25). The molecule has 6 nitrogen and oxygen atoms in total. The summed E-state index contributed by atoms with van der Waals surface area (Å²) in [5.74, 6) is 0.0854. The zero-order valence-electron chi connectivity index (χ0n) is 15.9. The first kappa shape index (κ1) is 19.6. The number of rotatable bonds is 5. The smallest absolute Gasteiger partial charge is 0.261 e. The van der Waals surface area contributed by atoms with Gasteiger partial charge in [0.05, 0.1) is 4.90 Å². The molecule has 2 aromatic carbocycles. The van der Waals surface area contributed by atoms with Crippen LogP contribution in [0.4, 0.5) is 11.5 Å². The number of nitrogens with one attached hydrogen (secondary N) is 2. The third-order valence-corrected chi connectivity index (χ3v) is 5.74. The number of hydrogen-bond acceptors (Lipinski definition) is 4. The Morgan fingerprint density at radius 3 is 2.25 bits per heavy atom. The van der Waals surface area contributed by atoms with E-state index in [-0.39, 0.29) is 10.8 Å². The van der Waals surface area contributed by atoms with E-state index in [4.69, 9.17) is 0 Å². The van der Waals surface area contributed by atoms with E-state index in [1.54, 1.807) is 24.4 Å². The fourth-order valence-electron chi connectivity index (χ4n) is 2.60. The summed E-state index contributed by atoms with van der Waals surface area (Å²) in [5, 5.41) is 2.69. The summed E-state index contributed by atoms with van der Waals surface area (Å²) in [6, 6.07) is 14.7. The molecular weight excluding hydrogens is 374 g/mol. The van der Waals surface area contributed by atoms with Gasteiger partial charge in [0, 0.05) is 17.4 Å². The first-order chi connectivity index (χ1) is 13.2. The van der Waals surface area contributed by atoms with Crippen molar-refractivity contribution in [1.29, 1.82) is 0 Å². The van der Waals surface area contributed by atoms with Crippen molar-refractivity contribution >= 4 is 27.4 Å². The predicted octanol–water partition coefficient (Wildman–Crippen LogP) is 4.06. The van der Waals surface area contributed by atoms with Crippen molar-refractivity contribution < 1.29 is 13.2 Å². The lowest BCUT2D eigenvalue weighted by molar-refractivity contribution is 0.102. The largest absolute Gasteiger partial charge is 0.307 e. The van der Waals surface area contributed by atoms with Gasteiger partial charge in [-0.3, -0.25) is 9.52 Å². The Morgan fingerprint density at radius 2 is 1.61 bits per heavy atom. The topological polar surface area (TPSA) is 88.2 Å². The third-order valence-electron chi connectivity index (χ3n) is 4.34. The van der Waals surface area contributed by atoms with Gasteiger partial charge in [-0.15, -0.1) is 0 Å². The summed E-state index contributed by atoms with van der Waals surface area (Å²) in [4.78, 5) is 16.5. The van der Waals surface area contributed by atoms with Gasteiger partial charge in [0.25, 0.3) is 15.9 Å². The van der Waals surface area contributed by atoms with Crippen molar-refractivity contribution in [3.63, 3.8) is 0 Å². The van der Waals surface area contributed by atoms with E-state index >= 15 is 0 Å². The van der Waals surface area contributed by atoms with Gasteiger partial charge < -0.3 is 5.32 Å². The number of pyridine rings is 1. The van der Waals surface area contributed by atoms with E-state index in [0.29, 0.717) is 17.1 Å². The van der Waals surface area contributed by atoms with Crippen LogP contribution in [0.25, 0.3) is 0 Å². The van der Waals surface area contributed by atoms with Crippen LogP contribution in [0.3, 0.4) is 0 Å². The maximum atomic E-state index is 12.6. The van der Waals surface area contributed by atoms with Gasteiger partial charge in [0.2, 0.25) is 0 Å². The van der Waals surface area contributed by atoms with Crippen molar-refractivity contribution in [3.8, 4) is 0 Å². The molecule has 0 bridgehead atoms. The monoisotopic (exact) mass is 395 g/mol. The fraction of sp³-hybridized carbons (Fsp3) is 0.143. The zero-order chi connectivity index (χ0) is 20.3. The van der Waals surface area contributed by atoms with E-state index in [1.807, 2.05) is 32.9 Å². The Bertz CT molecular complexity index is 1120. The summed E-state index contributed by atoms with van der Waals surface area (Å²) in [5.41, 5.74) is 3.89. The third kappa shape index (κ3) is 4.55. The van der Waals surface area contributed by atoms with Crippen LogP contribution in [-0.4, -0.2) is 19.3 Å². The number of hydrogen-bond donors (Lipinski definition) is 2. The predicted molar refractivity (Wildman–Crippen MR) is 110 cm³/mol. The van der Waals surface area contributed by atoms with Crippen LogP contribution in [0.5, 0.6) is 0 Å². The number of sulfonamides is 1. The van der Waals surface area contributed by atoms with Crippen LogP contribution >= 0.6 is 0 Å². The lowest BCUT2D eigenvalue weighted by Gasteiger charge is -2.10. The first-order valence-electron chi connectivity index (χ1n) is 8.69. The van der Waals surface area contributed by atoms with E-state index < -0.39 is 10.0 Å². The Balaban J connectivity index is 1.75. The van der Waals surface area contributed by atoms with Crippen molar-refractivity contribution in [1.82, 2.24) is 4.98 Å². The van der Waals surface area contributed by atoms with E-state index in [2.05, 4.69) is 15.0 Å². The van der Waals surface area contributed by atoms with Gasteiger partial charge >= 0.3 is 0 Å². The highest BCUT2D eigenvalue weighted by Crippen LogP contribution is 2.19. The number of carbonyl (C=O) groups is 1. The normalized spacial score (nSPS) is 11.1. The van der Waals surface area contributed by atoms with Crippen LogP contribution in [0.15, 0.2) is 65.7 Å². The van der Waals surface area contributed by atoms with E-state index in [0.717, 1.165) is 16.7 Å². The van der Waals surface area contributed by atoms with Gasteiger partial charge in [-0.25, -0.2) is 13.4 Å².